The number of benzene rings is 2. The predicted octanol–water partition coefficient (Wildman–Crippen LogP) is 3.20. The van der Waals surface area contributed by atoms with E-state index in [0.717, 1.165) is 16.7 Å². The van der Waals surface area contributed by atoms with Gasteiger partial charge >= 0.3 is 0 Å². The van der Waals surface area contributed by atoms with E-state index >= 15 is 0 Å². The second-order valence-electron chi connectivity index (χ2n) is 6.04. The van der Waals surface area contributed by atoms with Crippen molar-refractivity contribution < 1.29 is 14.5 Å². The van der Waals surface area contributed by atoms with Gasteiger partial charge in [0.1, 0.15) is 18.3 Å². The molecule has 0 bridgehead atoms. The predicted molar refractivity (Wildman–Crippen MR) is 107 cm³/mol. The number of anilines is 1. The molecule has 0 unspecified atom stereocenters. The van der Waals surface area contributed by atoms with Crippen LogP contribution < -0.4 is 5.32 Å². The minimum Gasteiger partial charge on any atom is -0.339 e. The van der Waals surface area contributed by atoms with E-state index in [-0.39, 0.29) is 22.2 Å². The molecule has 0 aliphatic carbocycles. The Balaban J connectivity index is 1.76. The van der Waals surface area contributed by atoms with Crippen molar-refractivity contribution in [2.24, 2.45) is 0 Å². The highest BCUT2D eigenvalue weighted by Gasteiger charge is 2.19. The lowest BCUT2D eigenvalue weighted by Crippen LogP contribution is -2.16. The molecule has 0 aliphatic heterocycles. The van der Waals surface area contributed by atoms with E-state index in [1.54, 1.807) is 38.4 Å². The molecule has 2 amide bonds. The molecular formula is C18H16N6O4S. The quantitative estimate of drug-likeness (QED) is 0.388. The molecule has 3 rings (SSSR count). The Labute approximate surface area is 169 Å². The SMILES string of the molecule is CN(C)C(=O)Sc1ccc(NC(=O)c2ccc(-n3cncn3)c([N+](=O)[O-])c2)cc1. The molecule has 29 heavy (non-hydrogen) atoms. The zero-order valence-electron chi connectivity index (χ0n) is 15.5. The number of nitro benzene ring substituents is 1. The molecule has 0 saturated carbocycles. The van der Waals surface area contributed by atoms with Crippen LogP contribution in [0.4, 0.5) is 16.2 Å². The van der Waals surface area contributed by atoms with E-state index < -0.39 is 10.8 Å². The first-order chi connectivity index (χ1) is 13.8. The molecule has 0 fully saturated rings. The smallest absolute Gasteiger partial charge is 0.295 e. The van der Waals surface area contributed by atoms with Gasteiger partial charge in [0.15, 0.2) is 0 Å². The fourth-order valence-corrected chi connectivity index (χ4v) is 3.00. The number of carbonyl (C=O) groups is 2. The topological polar surface area (TPSA) is 123 Å². The van der Waals surface area contributed by atoms with Crippen LogP contribution in [0.15, 0.2) is 60.0 Å². The number of hydrogen-bond acceptors (Lipinski definition) is 7. The minimum absolute atomic E-state index is 0.110. The summed E-state index contributed by atoms with van der Waals surface area (Å²) in [6, 6.07) is 10.8. The summed E-state index contributed by atoms with van der Waals surface area (Å²) >= 11 is 1.07. The number of thioether (sulfide) groups is 1. The summed E-state index contributed by atoms with van der Waals surface area (Å²) in [4.78, 5) is 41.0. The first-order valence-electron chi connectivity index (χ1n) is 8.29. The number of amides is 2. The molecule has 0 radical (unpaired) electrons. The highest BCUT2D eigenvalue weighted by Crippen LogP contribution is 2.25. The normalized spacial score (nSPS) is 10.4. The van der Waals surface area contributed by atoms with E-state index in [9.17, 15) is 19.7 Å². The van der Waals surface area contributed by atoms with Crippen molar-refractivity contribution in [1.82, 2.24) is 19.7 Å². The second kappa shape index (κ2) is 8.52. The number of aromatic nitrogens is 3. The van der Waals surface area contributed by atoms with Gasteiger partial charge in [-0.3, -0.25) is 19.7 Å². The lowest BCUT2D eigenvalue weighted by molar-refractivity contribution is -0.384. The molecule has 10 nitrogen and oxygen atoms in total. The molecule has 0 saturated heterocycles. The standard InChI is InChI=1S/C18H16N6O4S/c1-22(2)18(26)29-14-6-4-13(5-7-14)21-17(25)12-3-8-15(16(9-12)24(27)28)23-11-19-10-20-23/h3-11H,1-2H3,(H,21,25). The van der Waals surface area contributed by atoms with E-state index in [0.29, 0.717) is 5.69 Å². The second-order valence-corrected chi connectivity index (χ2v) is 7.07. The van der Waals surface area contributed by atoms with Crippen LogP contribution in [0.1, 0.15) is 10.4 Å². The number of nitro groups is 1. The van der Waals surface area contributed by atoms with Crippen LogP contribution in [0.25, 0.3) is 5.69 Å². The maximum Gasteiger partial charge on any atom is 0.295 e. The lowest BCUT2D eigenvalue weighted by atomic mass is 10.1. The molecular weight excluding hydrogens is 396 g/mol. The molecule has 148 valence electrons. The van der Waals surface area contributed by atoms with E-state index in [2.05, 4.69) is 15.4 Å². The Morgan fingerprint density at radius 2 is 1.90 bits per heavy atom. The van der Waals surface area contributed by atoms with Crippen molar-refractivity contribution in [2.45, 2.75) is 4.90 Å². The zero-order chi connectivity index (χ0) is 21.0. The van der Waals surface area contributed by atoms with Crippen molar-refractivity contribution in [3.63, 3.8) is 0 Å². The summed E-state index contributed by atoms with van der Waals surface area (Å²) in [7, 11) is 3.33. The fraction of sp³-hybridized carbons (Fsp3) is 0.111. The van der Waals surface area contributed by atoms with Gasteiger partial charge in [0.25, 0.3) is 16.8 Å². The van der Waals surface area contributed by atoms with Gasteiger partial charge in [-0.2, -0.15) is 5.10 Å². The Morgan fingerprint density at radius 1 is 1.17 bits per heavy atom. The Morgan fingerprint density at radius 3 is 2.48 bits per heavy atom. The van der Waals surface area contributed by atoms with E-state index in [1.807, 2.05) is 0 Å². The van der Waals surface area contributed by atoms with Gasteiger partial charge in [0.05, 0.1) is 4.92 Å². The largest absolute Gasteiger partial charge is 0.339 e. The molecule has 1 N–H and O–H groups in total. The van der Waals surface area contributed by atoms with Crippen molar-refractivity contribution in [3.8, 4) is 5.69 Å². The summed E-state index contributed by atoms with van der Waals surface area (Å²) < 4.78 is 1.26. The van der Waals surface area contributed by atoms with E-state index in [1.165, 1.54) is 40.4 Å². The van der Waals surface area contributed by atoms with Gasteiger partial charge < -0.3 is 10.2 Å². The lowest BCUT2D eigenvalue weighted by Gasteiger charge is -2.10. The molecule has 1 heterocycles. The first kappa shape index (κ1) is 20.0. The van der Waals surface area contributed by atoms with Gasteiger partial charge in [-0.1, -0.05) is 0 Å². The minimum atomic E-state index is -0.582. The van der Waals surface area contributed by atoms with Crippen molar-refractivity contribution in [1.29, 1.82) is 0 Å². The summed E-state index contributed by atoms with van der Waals surface area (Å²) in [6.07, 6.45) is 2.60. The summed E-state index contributed by atoms with van der Waals surface area (Å²) in [5, 5.41) is 17.9. The fourth-order valence-electron chi connectivity index (χ4n) is 2.34. The van der Waals surface area contributed by atoms with Crippen LogP contribution in [-0.2, 0) is 0 Å². The Hall–Kier alpha value is -3.73. The molecule has 3 aromatic rings. The molecule has 11 heteroatoms. The third-order valence-corrected chi connectivity index (χ3v) is 4.83. The van der Waals surface area contributed by atoms with Crippen LogP contribution in [0.2, 0.25) is 0 Å². The summed E-state index contributed by atoms with van der Waals surface area (Å²) in [6.45, 7) is 0. The maximum absolute atomic E-state index is 12.5. The molecule has 1 aromatic heterocycles. The van der Waals surface area contributed by atoms with Gasteiger partial charge in [-0.25, -0.2) is 9.67 Å². The zero-order valence-corrected chi connectivity index (χ0v) is 16.3. The van der Waals surface area contributed by atoms with Crippen molar-refractivity contribution >= 4 is 34.3 Å². The molecule has 2 aromatic carbocycles. The van der Waals surface area contributed by atoms with Gasteiger partial charge in [0, 0.05) is 36.3 Å². The molecule has 0 aliphatic rings. The Bertz CT molecular complexity index is 1050. The van der Waals surface area contributed by atoms with Crippen LogP contribution in [-0.4, -0.2) is 49.8 Å². The number of hydrogen-bond donors (Lipinski definition) is 1. The average Bonchev–Trinajstić information content (AvgIpc) is 3.23. The van der Waals surface area contributed by atoms with Gasteiger partial charge in [-0.15, -0.1) is 0 Å². The van der Waals surface area contributed by atoms with Crippen LogP contribution in [0.5, 0.6) is 0 Å². The monoisotopic (exact) mass is 412 g/mol. The van der Waals surface area contributed by atoms with Crippen LogP contribution in [0, 0.1) is 10.1 Å². The summed E-state index contributed by atoms with van der Waals surface area (Å²) in [5.41, 5.74) is 0.564. The van der Waals surface area contributed by atoms with Crippen LogP contribution in [0.3, 0.4) is 0 Å². The third kappa shape index (κ3) is 4.76. The first-order valence-corrected chi connectivity index (χ1v) is 9.11. The number of carbonyl (C=O) groups excluding carboxylic acids is 2. The van der Waals surface area contributed by atoms with Crippen LogP contribution >= 0.6 is 11.8 Å². The molecule has 0 atom stereocenters. The Kier molecular flexibility index (Phi) is 5.88. The number of nitrogens with one attached hydrogen (secondary N) is 1. The average molecular weight is 412 g/mol. The van der Waals surface area contributed by atoms with Gasteiger partial charge in [-0.05, 0) is 48.2 Å². The van der Waals surface area contributed by atoms with Crippen molar-refractivity contribution in [2.75, 3.05) is 19.4 Å². The summed E-state index contributed by atoms with van der Waals surface area (Å²) in [5.74, 6) is -0.497. The number of nitrogens with zero attached hydrogens (tertiary/aromatic N) is 5. The third-order valence-electron chi connectivity index (χ3n) is 3.78. The molecule has 0 spiro atoms. The van der Waals surface area contributed by atoms with E-state index in [4.69, 9.17) is 0 Å². The number of rotatable bonds is 5. The highest BCUT2D eigenvalue weighted by atomic mass is 32.2. The van der Waals surface area contributed by atoms with Crippen molar-refractivity contribution in [3.05, 3.63) is 70.8 Å². The highest BCUT2D eigenvalue weighted by molar-refractivity contribution is 8.13. The van der Waals surface area contributed by atoms with Gasteiger partial charge in [0.2, 0.25) is 0 Å². The maximum atomic E-state index is 12.5.